The maximum absolute atomic E-state index is 12.3. The quantitative estimate of drug-likeness (QED) is 0.671. The normalized spacial score (nSPS) is 15.3. The zero-order valence-corrected chi connectivity index (χ0v) is 15.8. The summed E-state index contributed by atoms with van der Waals surface area (Å²) in [5.74, 6) is -0.324. The predicted molar refractivity (Wildman–Crippen MR) is 111 cm³/mol. The van der Waals surface area contributed by atoms with Crippen LogP contribution in [0.15, 0.2) is 73.1 Å². The third-order valence-corrected chi connectivity index (χ3v) is 4.81. The molecule has 0 saturated carbocycles. The molecule has 2 aromatic carbocycles. The average molecular weight is 387 g/mol. The second kappa shape index (κ2) is 8.67. The lowest BCUT2D eigenvalue weighted by atomic mass is 9.91. The molecule has 1 atom stereocenters. The first kappa shape index (κ1) is 18.8. The van der Waals surface area contributed by atoms with E-state index in [2.05, 4.69) is 15.6 Å². The molecular weight excluding hydrogens is 366 g/mol. The van der Waals surface area contributed by atoms with Gasteiger partial charge in [-0.1, -0.05) is 36.4 Å². The van der Waals surface area contributed by atoms with Crippen molar-refractivity contribution in [3.63, 3.8) is 0 Å². The molecule has 2 N–H and O–H groups in total. The minimum atomic E-state index is -0.247. The Labute approximate surface area is 168 Å². The molecule has 1 aromatic heterocycles. The smallest absolute Gasteiger partial charge is 0.257 e. The summed E-state index contributed by atoms with van der Waals surface area (Å²) in [6, 6.07) is 18.9. The van der Waals surface area contributed by atoms with Crippen LogP contribution < -0.4 is 10.6 Å². The Morgan fingerprint density at radius 3 is 2.79 bits per heavy atom. The van der Waals surface area contributed by atoms with Crippen LogP contribution in [0.3, 0.4) is 0 Å². The van der Waals surface area contributed by atoms with Crippen molar-refractivity contribution in [2.75, 3.05) is 17.2 Å². The molecule has 0 bridgehead atoms. The molecule has 6 heteroatoms. The summed E-state index contributed by atoms with van der Waals surface area (Å²) in [5.41, 5.74) is 3.90. The van der Waals surface area contributed by atoms with Crippen LogP contribution in [0.2, 0.25) is 0 Å². The van der Waals surface area contributed by atoms with Crippen LogP contribution >= 0.6 is 0 Å². The van der Waals surface area contributed by atoms with E-state index in [1.165, 1.54) is 6.20 Å². The monoisotopic (exact) mass is 387 g/mol. The number of amides is 2. The lowest BCUT2D eigenvalue weighted by molar-refractivity contribution is -0.117. The number of aromatic nitrogens is 1. The van der Waals surface area contributed by atoms with Crippen molar-refractivity contribution in [3.8, 4) is 0 Å². The van der Waals surface area contributed by atoms with Crippen molar-refractivity contribution in [1.82, 2.24) is 4.98 Å². The van der Waals surface area contributed by atoms with Gasteiger partial charge < -0.3 is 15.4 Å². The van der Waals surface area contributed by atoms with Gasteiger partial charge in [0.25, 0.3) is 5.91 Å². The topological polar surface area (TPSA) is 80.3 Å². The fourth-order valence-electron chi connectivity index (χ4n) is 3.38. The molecule has 29 heavy (non-hydrogen) atoms. The Bertz CT molecular complexity index is 1010. The molecule has 0 radical (unpaired) electrons. The van der Waals surface area contributed by atoms with Crippen molar-refractivity contribution in [3.05, 3.63) is 89.7 Å². The molecule has 3 aromatic rings. The van der Waals surface area contributed by atoms with Gasteiger partial charge in [-0.25, -0.2) is 0 Å². The lowest BCUT2D eigenvalue weighted by Crippen LogP contribution is -2.25. The lowest BCUT2D eigenvalue weighted by Gasteiger charge is -2.26. The Balaban J connectivity index is 1.44. The van der Waals surface area contributed by atoms with E-state index in [-0.39, 0.29) is 17.7 Å². The number of rotatable bonds is 6. The Morgan fingerprint density at radius 2 is 2.00 bits per heavy atom. The zero-order valence-electron chi connectivity index (χ0n) is 15.8. The zero-order chi connectivity index (χ0) is 20.1. The fraction of sp³-hybridized carbons (Fsp3) is 0.174. The number of carbonyl (C=O) groups is 2. The van der Waals surface area contributed by atoms with Gasteiger partial charge in [-0.05, 0) is 35.4 Å². The number of benzene rings is 2. The summed E-state index contributed by atoms with van der Waals surface area (Å²) in [4.78, 5) is 28.4. The van der Waals surface area contributed by atoms with Crippen LogP contribution in [0.5, 0.6) is 0 Å². The van der Waals surface area contributed by atoms with Gasteiger partial charge in [-0.3, -0.25) is 14.6 Å². The first-order chi connectivity index (χ1) is 14.2. The van der Waals surface area contributed by atoms with Crippen molar-refractivity contribution in [2.24, 2.45) is 0 Å². The molecule has 6 nitrogen and oxygen atoms in total. The van der Waals surface area contributed by atoms with E-state index < -0.39 is 0 Å². The number of nitrogens with zero attached hydrogens (tertiary/aromatic N) is 1. The summed E-state index contributed by atoms with van der Waals surface area (Å²) in [6.07, 6.45) is 3.50. The van der Waals surface area contributed by atoms with Gasteiger partial charge in [0.15, 0.2) is 0 Å². The van der Waals surface area contributed by atoms with Crippen LogP contribution in [0.4, 0.5) is 11.4 Å². The maximum atomic E-state index is 12.3. The van der Waals surface area contributed by atoms with Gasteiger partial charge in [-0.2, -0.15) is 0 Å². The molecule has 2 heterocycles. The number of ether oxygens (including phenoxy) is 1. The van der Waals surface area contributed by atoms with Crippen LogP contribution in [0.25, 0.3) is 0 Å². The molecule has 0 aliphatic carbocycles. The van der Waals surface area contributed by atoms with E-state index in [1.807, 2.05) is 42.5 Å². The number of fused-ring (bicyclic) bond motifs is 1. The van der Waals surface area contributed by atoms with E-state index in [9.17, 15) is 9.59 Å². The minimum Gasteiger partial charge on any atom is -0.376 e. The SMILES string of the molecule is O=C1C[C@@H](COCc2ccccc2)c2ccc(NC(=O)c3cccnc3)cc2N1. The molecule has 1 aliphatic heterocycles. The number of anilines is 2. The van der Waals surface area contributed by atoms with E-state index in [1.54, 1.807) is 24.4 Å². The van der Waals surface area contributed by atoms with E-state index >= 15 is 0 Å². The summed E-state index contributed by atoms with van der Waals surface area (Å²) >= 11 is 0. The Kier molecular flexibility index (Phi) is 5.63. The summed E-state index contributed by atoms with van der Waals surface area (Å²) in [6.45, 7) is 0.963. The third-order valence-electron chi connectivity index (χ3n) is 4.81. The van der Waals surface area contributed by atoms with Crippen LogP contribution in [0, 0.1) is 0 Å². The van der Waals surface area contributed by atoms with Gasteiger partial charge >= 0.3 is 0 Å². The van der Waals surface area contributed by atoms with Gasteiger partial charge in [0.05, 0.1) is 18.8 Å². The molecule has 0 fully saturated rings. The first-order valence-corrected chi connectivity index (χ1v) is 9.46. The second-order valence-corrected chi connectivity index (χ2v) is 6.95. The maximum Gasteiger partial charge on any atom is 0.257 e. The van der Waals surface area contributed by atoms with Crippen LogP contribution in [-0.2, 0) is 16.1 Å². The standard InChI is InChI=1S/C23H21N3O3/c27-22-11-18(15-29-14-16-5-2-1-3-6-16)20-9-8-19(12-21(20)26-22)25-23(28)17-7-4-10-24-13-17/h1-10,12-13,18H,11,14-15H2,(H,25,28)(H,26,27)/t18-/m0/s1. The third kappa shape index (κ3) is 4.67. The van der Waals surface area contributed by atoms with Crippen molar-refractivity contribution in [2.45, 2.75) is 18.9 Å². The van der Waals surface area contributed by atoms with Crippen molar-refractivity contribution in [1.29, 1.82) is 0 Å². The van der Waals surface area contributed by atoms with E-state index in [0.29, 0.717) is 36.6 Å². The molecule has 2 amide bonds. The highest BCUT2D eigenvalue weighted by Crippen LogP contribution is 2.34. The number of hydrogen-bond donors (Lipinski definition) is 2. The Morgan fingerprint density at radius 1 is 1.14 bits per heavy atom. The summed E-state index contributed by atoms with van der Waals surface area (Å²) < 4.78 is 5.86. The van der Waals surface area contributed by atoms with Gasteiger partial charge in [0.1, 0.15) is 0 Å². The first-order valence-electron chi connectivity index (χ1n) is 9.46. The van der Waals surface area contributed by atoms with Crippen molar-refractivity contribution >= 4 is 23.2 Å². The summed E-state index contributed by atoms with van der Waals surface area (Å²) in [5, 5.41) is 5.73. The molecule has 4 rings (SSSR count). The van der Waals surface area contributed by atoms with Crippen LogP contribution in [0.1, 0.15) is 33.8 Å². The highest BCUT2D eigenvalue weighted by atomic mass is 16.5. The number of nitrogens with one attached hydrogen (secondary N) is 2. The predicted octanol–water partition coefficient (Wildman–Crippen LogP) is 3.98. The molecule has 0 saturated heterocycles. The highest BCUT2D eigenvalue weighted by Gasteiger charge is 2.25. The Hall–Kier alpha value is -3.51. The minimum absolute atomic E-state index is 0.0227. The highest BCUT2D eigenvalue weighted by molar-refractivity contribution is 6.04. The number of carbonyl (C=O) groups excluding carboxylic acids is 2. The summed E-state index contributed by atoms with van der Waals surface area (Å²) in [7, 11) is 0. The largest absolute Gasteiger partial charge is 0.376 e. The van der Waals surface area contributed by atoms with E-state index in [0.717, 1.165) is 11.1 Å². The number of pyridine rings is 1. The molecule has 146 valence electrons. The van der Waals surface area contributed by atoms with E-state index in [4.69, 9.17) is 4.74 Å². The fourth-order valence-corrected chi connectivity index (χ4v) is 3.38. The molecule has 0 unspecified atom stereocenters. The molecule has 0 spiro atoms. The number of hydrogen-bond acceptors (Lipinski definition) is 4. The van der Waals surface area contributed by atoms with Gasteiger partial charge in [0, 0.05) is 36.1 Å². The molecule has 1 aliphatic rings. The van der Waals surface area contributed by atoms with Crippen molar-refractivity contribution < 1.29 is 14.3 Å². The second-order valence-electron chi connectivity index (χ2n) is 6.95. The van der Waals surface area contributed by atoms with Crippen LogP contribution in [-0.4, -0.2) is 23.4 Å². The molecular formula is C23H21N3O3. The van der Waals surface area contributed by atoms with Gasteiger partial charge in [-0.15, -0.1) is 0 Å². The average Bonchev–Trinajstić information content (AvgIpc) is 2.74. The van der Waals surface area contributed by atoms with Gasteiger partial charge in [0.2, 0.25) is 5.91 Å².